The number of hydrogen-bond donors (Lipinski definition) is 0. The van der Waals surface area contributed by atoms with Gasteiger partial charge >= 0.3 is 0 Å². The van der Waals surface area contributed by atoms with E-state index in [2.05, 4.69) is 13.8 Å². The SMILES string of the molecule is CCCCCCCCCCCCCCCCCCCCCCCCCCCCCCC(=O)CCCCCCCCCCCCCCCCCCCC. The van der Waals surface area contributed by atoms with Gasteiger partial charge in [0.15, 0.2) is 0 Å². The fourth-order valence-corrected chi connectivity index (χ4v) is 8.34. The Bertz CT molecular complexity index is 625. The van der Waals surface area contributed by atoms with E-state index >= 15 is 0 Å². The van der Waals surface area contributed by atoms with Crippen LogP contribution in [0.4, 0.5) is 0 Å². The summed E-state index contributed by atoms with van der Waals surface area (Å²) in [5, 5.41) is 0. The van der Waals surface area contributed by atoms with E-state index in [1.165, 1.54) is 283 Å². The van der Waals surface area contributed by atoms with Crippen LogP contribution in [0.2, 0.25) is 0 Å². The van der Waals surface area contributed by atoms with Gasteiger partial charge in [-0.25, -0.2) is 0 Å². The Balaban J connectivity index is 3.13. The number of ketones is 1. The van der Waals surface area contributed by atoms with Crippen molar-refractivity contribution in [2.24, 2.45) is 0 Å². The van der Waals surface area contributed by atoms with Crippen LogP contribution in [0.15, 0.2) is 0 Å². The minimum absolute atomic E-state index is 0.534. The van der Waals surface area contributed by atoms with Crippen LogP contribution in [0.25, 0.3) is 0 Å². The molecule has 0 saturated carbocycles. The Morgan fingerprint density at radius 3 is 0.442 bits per heavy atom. The zero-order valence-electron chi connectivity index (χ0n) is 36.8. The molecule has 0 aliphatic carbocycles. The number of rotatable bonds is 48. The van der Waals surface area contributed by atoms with E-state index in [0.717, 1.165) is 25.7 Å². The van der Waals surface area contributed by atoms with Gasteiger partial charge in [0.05, 0.1) is 0 Å². The van der Waals surface area contributed by atoms with Crippen molar-refractivity contribution in [1.82, 2.24) is 0 Å². The predicted octanol–water partition coefficient (Wildman–Crippen LogP) is 19.3. The summed E-state index contributed by atoms with van der Waals surface area (Å²) in [7, 11) is 0. The van der Waals surface area contributed by atoms with Crippen molar-refractivity contribution < 1.29 is 4.79 Å². The highest BCUT2D eigenvalue weighted by molar-refractivity contribution is 5.78. The normalized spacial score (nSPS) is 11.6. The van der Waals surface area contributed by atoms with Crippen molar-refractivity contribution in [3.8, 4) is 0 Å². The molecule has 0 aliphatic rings. The Morgan fingerprint density at radius 2 is 0.308 bits per heavy atom. The molecule has 1 nitrogen and oxygen atoms in total. The second-order valence-corrected chi connectivity index (χ2v) is 17.6. The van der Waals surface area contributed by atoms with Crippen LogP contribution in [0.5, 0.6) is 0 Å². The van der Waals surface area contributed by atoms with Crippen LogP contribution < -0.4 is 0 Å². The lowest BCUT2D eigenvalue weighted by molar-refractivity contribution is -0.119. The molecule has 0 atom stereocenters. The summed E-state index contributed by atoms with van der Waals surface area (Å²) < 4.78 is 0. The minimum Gasteiger partial charge on any atom is -0.300 e. The van der Waals surface area contributed by atoms with Crippen LogP contribution in [0, 0.1) is 0 Å². The largest absolute Gasteiger partial charge is 0.300 e. The third-order valence-corrected chi connectivity index (χ3v) is 12.1. The molecule has 312 valence electrons. The summed E-state index contributed by atoms with van der Waals surface area (Å²) >= 11 is 0. The molecule has 1 heteroatoms. The smallest absolute Gasteiger partial charge is 0.132 e. The molecule has 0 amide bonds. The first-order valence-electron chi connectivity index (χ1n) is 25.3. The van der Waals surface area contributed by atoms with Gasteiger partial charge in [-0.1, -0.05) is 296 Å². The van der Waals surface area contributed by atoms with Gasteiger partial charge in [0.25, 0.3) is 0 Å². The van der Waals surface area contributed by atoms with Crippen LogP contribution in [-0.4, -0.2) is 5.78 Å². The summed E-state index contributed by atoms with van der Waals surface area (Å²) in [6.07, 6.45) is 67.3. The quantitative estimate of drug-likeness (QED) is 0.0570. The highest BCUT2D eigenvalue weighted by Crippen LogP contribution is 2.18. The minimum atomic E-state index is 0.534. The van der Waals surface area contributed by atoms with Crippen molar-refractivity contribution in [2.75, 3.05) is 0 Å². The second-order valence-electron chi connectivity index (χ2n) is 17.6. The number of hydrogen-bond acceptors (Lipinski definition) is 1. The fourth-order valence-electron chi connectivity index (χ4n) is 8.34. The maximum atomic E-state index is 12.3. The van der Waals surface area contributed by atoms with Crippen molar-refractivity contribution in [3.05, 3.63) is 0 Å². The average molecular weight is 731 g/mol. The lowest BCUT2D eigenvalue weighted by atomic mass is 10.0. The Kier molecular flexibility index (Phi) is 48.4. The standard InChI is InChI=1S/C51H102O/c1-3-5-7-9-11-13-15-17-19-21-23-24-25-26-27-28-29-30-31-32-34-36-38-40-42-44-46-48-50-51(52)49-47-45-43-41-39-37-35-33-22-20-18-16-14-12-10-8-6-4-2/h3-50H2,1-2H3. The molecule has 0 spiro atoms. The van der Waals surface area contributed by atoms with E-state index < -0.39 is 0 Å². The van der Waals surface area contributed by atoms with E-state index in [0.29, 0.717) is 5.78 Å². The van der Waals surface area contributed by atoms with Gasteiger partial charge in [0.2, 0.25) is 0 Å². The van der Waals surface area contributed by atoms with Crippen LogP contribution in [0.3, 0.4) is 0 Å². The average Bonchev–Trinajstić information content (AvgIpc) is 3.15. The van der Waals surface area contributed by atoms with Gasteiger partial charge < -0.3 is 0 Å². The summed E-state index contributed by atoms with van der Waals surface area (Å²) in [6.45, 7) is 4.61. The van der Waals surface area contributed by atoms with Crippen molar-refractivity contribution in [2.45, 2.75) is 322 Å². The van der Waals surface area contributed by atoms with E-state index in [9.17, 15) is 4.79 Å². The monoisotopic (exact) mass is 731 g/mol. The molecular formula is C51H102O. The fraction of sp³-hybridized carbons (Fsp3) is 0.980. The van der Waals surface area contributed by atoms with Crippen LogP contribution in [-0.2, 0) is 4.79 Å². The lowest BCUT2D eigenvalue weighted by Gasteiger charge is -2.05. The van der Waals surface area contributed by atoms with Crippen molar-refractivity contribution in [1.29, 1.82) is 0 Å². The maximum Gasteiger partial charge on any atom is 0.132 e. The van der Waals surface area contributed by atoms with Gasteiger partial charge in [-0.2, -0.15) is 0 Å². The summed E-state index contributed by atoms with van der Waals surface area (Å²) in [6, 6.07) is 0. The molecule has 0 bridgehead atoms. The summed E-state index contributed by atoms with van der Waals surface area (Å²) in [4.78, 5) is 12.3. The zero-order valence-corrected chi connectivity index (χ0v) is 36.8. The molecule has 0 aromatic rings. The Hall–Kier alpha value is -0.330. The third-order valence-electron chi connectivity index (χ3n) is 12.1. The molecule has 0 heterocycles. The van der Waals surface area contributed by atoms with Crippen molar-refractivity contribution >= 4 is 5.78 Å². The van der Waals surface area contributed by atoms with E-state index in [1.807, 2.05) is 0 Å². The van der Waals surface area contributed by atoms with Gasteiger partial charge in [-0.3, -0.25) is 4.79 Å². The zero-order chi connectivity index (χ0) is 37.5. The first-order valence-corrected chi connectivity index (χ1v) is 25.3. The van der Waals surface area contributed by atoms with Gasteiger partial charge in [-0.05, 0) is 12.8 Å². The van der Waals surface area contributed by atoms with E-state index in [1.54, 1.807) is 0 Å². The maximum absolute atomic E-state index is 12.3. The van der Waals surface area contributed by atoms with E-state index in [-0.39, 0.29) is 0 Å². The van der Waals surface area contributed by atoms with Crippen LogP contribution in [0.1, 0.15) is 322 Å². The molecule has 0 N–H and O–H groups in total. The molecule has 0 aromatic heterocycles. The molecule has 52 heavy (non-hydrogen) atoms. The third kappa shape index (κ3) is 47.7. The first kappa shape index (κ1) is 51.7. The molecule has 0 saturated heterocycles. The second kappa shape index (κ2) is 48.7. The molecule has 0 rings (SSSR count). The number of Topliss-reactive ketones (excluding diaryl/α,β-unsaturated/α-hetero) is 1. The predicted molar refractivity (Wildman–Crippen MR) is 238 cm³/mol. The lowest BCUT2D eigenvalue weighted by Crippen LogP contribution is -1.97. The molecule has 0 aromatic carbocycles. The molecule has 0 radical (unpaired) electrons. The van der Waals surface area contributed by atoms with E-state index in [4.69, 9.17) is 0 Å². The number of carbonyl (C=O) groups excluding carboxylic acids is 1. The molecule has 0 fully saturated rings. The molecular weight excluding hydrogens is 629 g/mol. The Morgan fingerprint density at radius 1 is 0.192 bits per heavy atom. The highest BCUT2D eigenvalue weighted by Gasteiger charge is 2.03. The van der Waals surface area contributed by atoms with Crippen LogP contribution >= 0.6 is 0 Å². The number of carbonyl (C=O) groups is 1. The molecule has 0 unspecified atom stereocenters. The van der Waals surface area contributed by atoms with Gasteiger partial charge in [-0.15, -0.1) is 0 Å². The van der Waals surface area contributed by atoms with Gasteiger partial charge in [0, 0.05) is 12.8 Å². The van der Waals surface area contributed by atoms with Crippen molar-refractivity contribution in [3.63, 3.8) is 0 Å². The van der Waals surface area contributed by atoms with Gasteiger partial charge in [0.1, 0.15) is 5.78 Å². The summed E-state index contributed by atoms with van der Waals surface area (Å²) in [5.74, 6) is 0.534. The molecule has 0 aliphatic heterocycles. The summed E-state index contributed by atoms with van der Waals surface area (Å²) in [5.41, 5.74) is 0. The topological polar surface area (TPSA) is 17.1 Å². The number of unbranched alkanes of at least 4 members (excludes halogenated alkanes) is 44. The Labute approximate surface area is 331 Å². The highest BCUT2D eigenvalue weighted by atomic mass is 16.1. The first-order chi connectivity index (χ1) is 25.8.